The summed E-state index contributed by atoms with van der Waals surface area (Å²) in [5, 5.41) is 12.1. The Labute approximate surface area is 115 Å². The lowest BCUT2D eigenvalue weighted by Crippen LogP contribution is -2.38. The van der Waals surface area contributed by atoms with Gasteiger partial charge in [0, 0.05) is 0 Å². The van der Waals surface area contributed by atoms with Crippen molar-refractivity contribution in [2.24, 2.45) is 0 Å². The Balaban J connectivity index is 2.48. The third-order valence-electron chi connectivity index (χ3n) is 3.20. The minimum atomic E-state index is -0.485. The van der Waals surface area contributed by atoms with E-state index in [1.54, 1.807) is 14.2 Å². The summed E-state index contributed by atoms with van der Waals surface area (Å²) in [5.74, 6) is 1.49. The summed E-state index contributed by atoms with van der Waals surface area (Å²) < 4.78 is 11.0. The molecule has 0 aromatic heterocycles. The van der Waals surface area contributed by atoms with Crippen molar-refractivity contribution in [2.45, 2.75) is 32.2 Å². The topological polar surface area (TPSA) is 54.3 Å². The minimum Gasteiger partial charge on any atom is -0.493 e. The maximum absolute atomic E-state index is 9.04. The second-order valence-corrected chi connectivity index (χ2v) is 4.80. The van der Waals surface area contributed by atoms with E-state index >= 15 is 0 Å². The SMILES string of the molecule is CNC(C)(C#N)CCCOc1ccc(C)cc1OC. The summed E-state index contributed by atoms with van der Waals surface area (Å²) in [4.78, 5) is 0. The molecule has 0 saturated carbocycles. The van der Waals surface area contributed by atoms with Crippen molar-refractivity contribution >= 4 is 0 Å². The predicted octanol–water partition coefficient (Wildman–Crippen LogP) is 2.66. The van der Waals surface area contributed by atoms with Crippen LogP contribution in [0.5, 0.6) is 11.5 Å². The van der Waals surface area contributed by atoms with E-state index in [-0.39, 0.29) is 0 Å². The van der Waals surface area contributed by atoms with Gasteiger partial charge in [-0.3, -0.25) is 0 Å². The maximum Gasteiger partial charge on any atom is 0.161 e. The second-order valence-electron chi connectivity index (χ2n) is 4.80. The molecule has 1 aromatic carbocycles. The third-order valence-corrected chi connectivity index (χ3v) is 3.20. The van der Waals surface area contributed by atoms with E-state index < -0.39 is 5.54 Å². The number of rotatable bonds is 7. The fourth-order valence-corrected chi connectivity index (χ4v) is 1.74. The van der Waals surface area contributed by atoms with Gasteiger partial charge in [0.1, 0.15) is 5.54 Å². The Morgan fingerprint density at radius 2 is 2.11 bits per heavy atom. The van der Waals surface area contributed by atoms with Crippen molar-refractivity contribution in [3.8, 4) is 17.6 Å². The predicted molar refractivity (Wildman–Crippen MR) is 75.5 cm³/mol. The van der Waals surface area contributed by atoms with Crippen molar-refractivity contribution in [1.29, 1.82) is 5.26 Å². The van der Waals surface area contributed by atoms with Crippen LogP contribution in [-0.2, 0) is 0 Å². The number of hydrogen-bond donors (Lipinski definition) is 1. The second kappa shape index (κ2) is 7.01. The molecule has 0 aliphatic carbocycles. The molecule has 104 valence electrons. The molecular formula is C15H22N2O2. The largest absolute Gasteiger partial charge is 0.493 e. The van der Waals surface area contributed by atoms with Crippen molar-refractivity contribution in [1.82, 2.24) is 5.32 Å². The average Bonchev–Trinajstić information content (AvgIpc) is 2.44. The van der Waals surface area contributed by atoms with Crippen LogP contribution in [0.2, 0.25) is 0 Å². The van der Waals surface area contributed by atoms with Crippen LogP contribution in [0.15, 0.2) is 18.2 Å². The molecule has 1 unspecified atom stereocenters. The highest BCUT2D eigenvalue weighted by atomic mass is 16.5. The van der Waals surface area contributed by atoms with Crippen molar-refractivity contribution in [3.63, 3.8) is 0 Å². The quantitative estimate of drug-likeness (QED) is 0.768. The first-order chi connectivity index (χ1) is 9.04. The Kier molecular flexibility index (Phi) is 5.65. The van der Waals surface area contributed by atoms with Crippen LogP contribution in [0.3, 0.4) is 0 Å². The summed E-state index contributed by atoms with van der Waals surface area (Å²) in [6, 6.07) is 8.12. The molecule has 0 aliphatic heterocycles. The molecule has 0 amide bonds. The summed E-state index contributed by atoms with van der Waals surface area (Å²) in [7, 11) is 3.43. The zero-order valence-corrected chi connectivity index (χ0v) is 12.1. The molecule has 1 rings (SSSR count). The van der Waals surface area contributed by atoms with Crippen molar-refractivity contribution in [3.05, 3.63) is 23.8 Å². The monoisotopic (exact) mass is 262 g/mol. The molecule has 1 atom stereocenters. The summed E-state index contributed by atoms with van der Waals surface area (Å²) in [5.41, 5.74) is 0.650. The van der Waals surface area contributed by atoms with Gasteiger partial charge in [0.05, 0.1) is 19.8 Å². The highest BCUT2D eigenvalue weighted by Crippen LogP contribution is 2.28. The van der Waals surface area contributed by atoms with Crippen LogP contribution in [0.4, 0.5) is 0 Å². The van der Waals surface area contributed by atoms with E-state index in [1.807, 2.05) is 32.0 Å². The van der Waals surface area contributed by atoms with Crippen LogP contribution in [-0.4, -0.2) is 26.3 Å². The number of aryl methyl sites for hydroxylation is 1. The van der Waals surface area contributed by atoms with Crippen LogP contribution in [0.25, 0.3) is 0 Å². The minimum absolute atomic E-state index is 0.485. The van der Waals surface area contributed by atoms with E-state index in [1.165, 1.54) is 0 Å². The van der Waals surface area contributed by atoms with Crippen molar-refractivity contribution < 1.29 is 9.47 Å². The Morgan fingerprint density at radius 1 is 1.37 bits per heavy atom. The standard InChI is InChI=1S/C15H22N2O2/c1-12-6-7-13(14(10-12)18-4)19-9-5-8-15(2,11-16)17-3/h6-7,10,17H,5,8-9H2,1-4H3. The molecule has 0 heterocycles. The molecule has 4 heteroatoms. The zero-order chi connectivity index (χ0) is 14.3. The number of nitrogens with one attached hydrogen (secondary N) is 1. The van der Waals surface area contributed by atoms with Gasteiger partial charge in [0.2, 0.25) is 0 Å². The van der Waals surface area contributed by atoms with Gasteiger partial charge in [0.15, 0.2) is 11.5 Å². The molecular weight excluding hydrogens is 240 g/mol. The van der Waals surface area contributed by atoms with Crippen molar-refractivity contribution in [2.75, 3.05) is 20.8 Å². The van der Waals surface area contributed by atoms with Gasteiger partial charge in [-0.25, -0.2) is 0 Å². The van der Waals surface area contributed by atoms with Gasteiger partial charge in [-0.05, 0) is 51.4 Å². The van der Waals surface area contributed by atoms with Crippen LogP contribution >= 0.6 is 0 Å². The van der Waals surface area contributed by atoms with Gasteiger partial charge >= 0.3 is 0 Å². The molecule has 0 bridgehead atoms. The van der Waals surface area contributed by atoms with E-state index in [4.69, 9.17) is 14.7 Å². The number of hydrogen-bond acceptors (Lipinski definition) is 4. The number of nitrogens with zero attached hydrogens (tertiary/aromatic N) is 1. The lowest BCUT2D eigenvalue weighted by atomic mass is 9.98. The van der Waals surface area contributed by atoms with Gasteiger partial charge in [0.25, 0.3) is 0 Å². The van der Waals surface area contributed by atoms with Gasteiger partial charge in [-0.15, -0.1) is 0 Å². The van der Waals surface area contributed by atoms with E-state index in [9.17, 15) is 0 Å². The normalized spacial score (nSPS) is 13.4. The lowest BCUT2D eigenvalue weighted by molar-refractivity contribution is 0.273. The number of ether oxygens (including phenoxy) is 2. The fraction of sp³-hybridized carbons (Fsp3) is 0.533. The number of nitriles is 1. The first-order valence-corrected chi connectivity index (χ1v) is 6.42. The zero-order valence-electron chi connectivity index (χ0n) is 12.1. The van der Waals surface area contributed by atoms with E-state index in [2.05, 4.69) is 11.4 Å². The highest BCUT2D eigenvalue weighted by Gasteiger charge is 2.20. The van der Waals surface area contributed by atoms with Crippen LogP contribution < -0.4 is 14.8 Å². The maximum atomic E-state index is 9.04. The first kappa shape index (κ1) is 15.3. The van der Waals surface area contributed by atoms with E-state index in [0.717, 1.165) is 29.9 Å². The molecule has 0 aliphatic rings. The summed E-state index contributed by atoms with van der Waals surface area (Å²) >= 11 is 0. The van der Waals surface area contributed by atoms with Crippen LogP contribution in [0.1, 0.15) is 25.3 Å². The third kappa shape index (κ3) is 4.46. The van der Waals surface area contributed by atoms with Gasteiger partial charge in [-0.2, -0.15) is 5.26 Å². The van der Waals surface area contributed by atoms with Gasteiger partial charge in [-0.1, -0.05) is 6.07 Å². The smallest absolute Gasteiger partial charge is 0.161 e. The molecule has 0 fully saturated rings. The van der Waals surface area contributed by atoms with E-state index in [0.29, 0.717) is 6.61 Å². The molecule has 0 radical (unpaired) electrons. The van der Waals surface area contributed by atoms with Gasteiger partial charge < -0.3 is 14.8 Å². The molecule has 4 nitrogen and oxygen atoms in total. The fourth-order valence-electron chi connectivity index (χ4n) is 1.74. The lowest BCUT2D eigenvalue weighted by Gasteiger charge is -2.20. The Morgan fingerprint density at radius 3 is 2.68 bits per heavy atom. The molecule has 19 heavy (non-hydrogen) atoms. The average molecular weight is 262 g/mol. The molecule has 1 aromatic rings. The number of methoxy groups -OCH3 is 1. The first-order valence-electron chi connectivity index (χ1n) is 6.42. The molecule has 0 spiro atoms. The summed E-state index contributed by atoms with van der Waals surface area (Å²) in [6.45, 7) is 4.47. The Hall–Kier alpha value is -1.73. The summed E-state index contributed by atoms with van der Waals surface area (Å²) in [6.07, 6.45) is 1.55. The molecule has 0 saturated heterocycles. The Bertz CT molecular complexity index is 454. The van der Waals surface area contributed by atoms with Crippen LogP contribution in [0, 0.1) is 18.3 Å². The number of benzene rings is 1. The highest BCUT2D eigenvalue weighted by molar-refractivity contribution is 5.42. The molecule has 1 N–H and O–H groups in total.